The fraction of sp³-hybridized carbons (Fsp3) is 0.200. The van der Waals surface area contributed by atoms with Crippen molar-refractivity contribution in [3.63, 3.8) is 0 Å². The second kappa shape index (κ2) is 9.50. The summed E-state index contributed by atoms with van der Waals surface area (Å²) < 4.78 is 5.30. The zero-order valence-corrected chi connectivity index (χ0v) is 15.1. The first-order chi connectivity index (χ1) is 12.5. The van der Waals surface area contributed by atoms with E-state index >= 15 is 0 Å². The molecular weight excluding hydrogens is 352 g/mol. The number of hydrogen-bond donors (Lipinski definition) is 2. The molecule has 0 aliphatic heterocycles. The van der Waals surface area contributed by atoms with Gasteiger partial charge in [0.15, 0.2) is 11.5 Å². The maximum Gasteiger partial charge on any atom is 0.261 e. The van der Waals surface area contributed by atoms with Gasteiger partial charge in [-0.2, -0.15) is 5.26 Å². The lowest BCUT2D eigenvalue weighted by Gasteiger charge is -2.09. The molecule has 0 spiro atoms. The van der Waals surface area contributed by atoms with E-state index in [4.69, 9.17) is 16.3 Å². The molecule has 0 bridgehead atoms. The van der Waals surface area contributed by atoms with Crippen LogP contribution in [0.1, 0.15) is 18.1 Å². The number of carbonyl (C=O) groups excluding carboxylic acids is 1. The minimum absolute atomic E-state index is 0.0535. The molecule has 0 aliphatic rings. The van der Waals surface area contributed by atoms with Crippen molar-refractivity contribution in [1.29, 1.82) is 5.26 Å². The SMILES string of the molecule is CCOc1cc(/C=C(/C#N)C(=O)NCCc2ccccc2)cc(Cl)c1O. The third-order valence-electron chi connectivity index (χ3n) is 3.57. The lowest BCUT2D eigenvalue weighted by atomic mass is 10.1. The fourth-order valence-electron chi connectivity index (χ4n) is 2.32. The number of amides is 1. The van der Waals surface area contributed by atoms with Gasteiger partial charge in [0.1, 0.15) is 11.6 Å². The van der Waals surface area contributed by atoms with Gasteiger partial charge in [0.05, 0.1) is 11.6 Å². The van der Waals surface area contributed by atoms with Crippen LogP contribution in [0.3, 0.4) is 0 Å². The van der Waals surface area contributed by atoms with Gasteiger partial charge in [-0.1, -0.05) is 41.9 Å². The van der Waals surface area contributed by atoms with Crippen LogP contribution in [-0.2, 0) is 11.2 Å². The van der Waals surface area contributed by atoms with Crippen LogP contribution in [-0.4, -0.2) is 24.2 Å². The number of carbonyl (C=O) groups is 1. The van der Waals surface area contributed by atoms with E-state index in [0.717, 1.165) is 5.56 Å². The van der Waals surface area contributed by atoms with Gasteiger partial charge in [-0.05, 0) is 42.7 Å². The van der Waals surface area contributed by atoms with E-state index in [1.165, 1.54) is 18.2 Å². The van der Waals surface area contributed by atoms with Crippen LogP contribution >= 0.6 is 11.6 Å². The predicted octanol–water partition coefficient (Wildman–Crippen LogP) is 3.71. The van der Waals surface area contributed by atoms with Gasteiger partial charge < -0.3 is 15.2 Å². The largest absolute Gasteiger partial charge is 0.503 e. The smallest absolute Gasteiger partial charge is 0.261 e. The standard InChI is InChI=1S/C20H19ClN2O3/c1-2-26-18-12-15(11-17(21)19(18)24)10-16(13-22)20(25)23-9-8-14-6-4-3-5-7-14/h3-7,10-12,24H,2,8-9H2,1H3,(H,23,25)/b16-10-. The Morgan fingerprint density at radius 3 is 2.73 bits per heavy atom. The van der Waals surface area contributed by atoms with Crippen molar-refractivity contribution in [3.05, 3.63) is 64.2 Å². The highest BCUT2D eigenvalue weighted by Crippen LogP contribution is 2.35. The second-order valence-corrected chi connectivity index (χ2v) is 5.85. The number of phenolic OH excluding ortho intramolecular Hbond substituents is 1. The van der Waals surface area contributed by atoms with E-state index in [1.807, 2.05) is 36.4 Å². The molecule has 2 rings (SSSR count). The van der Waals surface area contributed by atoms with Crippen molar-refractivity contribution in [2.45, 2.75) is 13.3 Å². The Labute approximate surface area is 157 Å². The van der Waals surface area contributed by atoms with Crippen LogP contribution < -0.4 is 10.1 Å². The van der Waals surface area contributed by atoms with E-state index in [0.29, 0.717) is 25.1 Å². The van der Waals surface area contributed by atoms with Gasteiger partial charge in [0.25, 0.3) is 5.91 Å². The Morgan fingerprint density at radius 1 is 1.35 bits per heavy atom. The van der Waals surface area contributed by atoms with Crippen molar-refractivity contribution in [3.8, 4) is 17.6 Å². The fourth-order valence-corrected chi connectivity index (χ4v) is 2.54. The molecule has 26 heavy (non-hydrogen) atoms. The predicted molar refractivity (Wildman–Crippen MR) is 101 cm³/mol. The molecule has 0 heterocycles. The van der Waals surface area contributed by atoms with Crippen LogP contribution in [0.25, 0.3) is 6.08 Å². The lowest BCUT2D eigenvalue weighted by Crippen LogP contribution is -2.26. The highest BCUT2D eigenvalue weighted by molar-refractivity contribution is 6.32. The van der Waals surface area contributed by atoms with Crippen LogP contribution in [0.2, 0.25) is 5.02 Å². The molecule has 0 fully saturated rings. The number of halogens is 1. The first kappa shape index (κ1) is 19.4. The number of aromatic hydroxyl groups is 1. The minimum atomic E-state index is -0.467. The molecule has 0 unspecified atom stereocenters. The molecule has 6 heteroatoms. The molecular formula is C20H19ClN2O3. The maximum absolute atomic E-state index is 12.2. The second-order valence-electron chi connectivity index (χ2n) is 5.44. The van der Waals surface area contributed by atoms with Gasteiger partial charge in [-0.25, -0.2) is 0 Å². The summed E-state index contributed by atoms with van der Waals surface area (Å²) in [6, 6.07) is 14.6. The monoisotopic (exact) mass is 370 g/mol. The third kappa shape index (κ3) is 5.27. The average Bonchev–Trinajstić information content (AvgIpc) is 2.64. The van der Waals surface area contributed by atoms with Gasteiger partial charge in [0, 0.05) is 6.54 Å². The topological polar surface area (TPSA) is 82.3 Å². The summed E-state index contributed by atoms with van der Waals surface area (Å²) >= 11 is 5.97. The van der Waals surface area contributed by atoms with Crippen LogP contribution in [0.15, 0.2) is 48.0 Å². The number of nitrogens with zero attached hydrogens (tertiary/aromatic N) is 1. The number of hydrogen-bond acceptors (Lipinski definition) is 4. The van der Waals surface area contributed by atoms with Crippen molar-refractivity contribution in [1.82, 2.24) is 5.32 Å². The van der Waals surface area contributed by atoms with Crippen molar-refractivity contribution in [2.24, 2.45) is 0 Å². The Hall–Kier alpha value is -2.97. The molecule has 0 aromatic heterocycles. The van der Waals surface area contributed by atoms with E-state index in [9.17, 15) is 15.2 Å². The molecule has 2 aromatic rings. The van der Waals surface area contributed by atoms with Crippen molar-refractivity contribution >= 4 is 23.6 Å². The van der Waals surface area contributed by atoms with E-state index in [-0.39, 0.29) is 22.1 Å². The van der Waals surface area contributed by atoms with Gasteiger partial charge in [0.2, 0.25) is 0 Å². The first-order valence-corrected chi connectivity index (χ1v) is 8.52. The molecule has 0 aliphatic carbocycles. The number of nitrogens with one attached hydrogen (secondary N) is 1. The van der Waals surface area contributed by atoms with Crippen LogP contribution in [0.4, 0.5) is 0 Å². The number of benzene rings is 2. The van der Waals surface area contributed by atoms with E-state index in [2.05, 4.69) is 5.32 Å². The van der Waals surface area contributed by atoms with Gasteiger partial charge in [-0.15, -0.1) is 0 Å². The Bertz CT molecular complexity index is 842. The first-order valence-electron chi connectivity index (χ1n) is 8.14. The molecule has 0 saturated heterocycles. The molecule has 0 atom stereocenters. The van der Waals surface area contributed by atoms with Crippen molar-refractivity contribution in [2.75, 3.05) is 13.2 Å². The molecule has 2 N–H and O–H groups in total. The zero-order chi connectivity index (χ0) is 18.9. The van der Waals surface area contributed by atoms with E-state index in [1.54, 1.807) is 6.92 Å². The highest BCUT2D eigenvalue weighted by Gasteiger charge is 2.12. The van der Waals surface area contributed by atoms with Crippen molar-refractivity contribution < 1.29 is 14.6 Å². The molecule has 0 saturated carbocycles. The molecule has 134 valence electrons. The van der Waals surface area contributed by atoms with Gasteiger partial charge >= 0.3 is 0 Å². The lowest BCUT2D eigenvalue weighted by molar-refractivity contribution is -0.117. The summed E-state index contributed by atoms with van der Waals surface area (Å²) in [5.74, 6) is -0.435. The normalized spacial score (nSPS) is 10.9. The summed E-state index contributed by atoms with van der Waals surface area (Å²) in [7, 11) is 0. The number of rotatable bonds is 7. The maximum atomic E-state index is 12.2. The molecule has 1 amide bonds. The van der Waals surface area contributed by atoms with Crippen LogP contribution in [0, 0.1) is 11.3 Å². The summed E-state index contributed by atoms with van der Waals surface area (Å²) in [5, 5.41) is 21.9. The summed E-state index contributed by atoms with van der Waals surface area (Å²) in [4.78, 5) is 12.2. The third-order valence-corrected chi connectivity index (χ3v) is 3.86. The Balaban J connectivity index is 2.09. The van der Waals surface area contributed by atoms with E-state index < -0.39 is 5.91 Å². The highest BCUT2D eigenvalue weighted by atomic mass is 35.5. The Morgan fingerprint density at radius 2 is 2.08 bits per heavy atom. The quantitative estimate of drug-likeness (QED) is 0.575. The van der Waals surface area contributed by atoms with Crippen LogP contribution in [0.5, 0.6) is 11.5 Å². The average molecular weight is 371 g/mol. The van der Waals surface area contributed by atoms with Gasteiger partial charge in [-0.3, -0.25) is 4.79 Å². The zero-order valence-electron chi connectivity index (χ0n) is 14.3. The summed E-state index contributed by atoms with van der Waals surface area (Å²) in [6.07, 6.45) is 2.08. The molecule has 0 radical (unpaired) electrons. The Kier molecular flexibility index (Phi) is 7.07. The minimum Gasteiger partial charge on any atom is -0.503 e. The summed E-state index contributed by atoms with van der Waals surface area (Å²) in [6.45, 7) is 2.54. The number of nitriles is 1. The number of phenols is 1. The summed E-state index contributed by atoms with van der Waals surface area (Å²) in [5.41, 5.74) is 1.54. The number of ether oxygens (including phenoxy) is 1. The molecule has 5 nitrogen and oxygen atoms in total. The molecule has 2 aromatic carbocycles.